The topological polar surface area (TPSA) is 0 Å². The zero-order valence-electron chi connectivity index (χ0n) is 6.92. The molecule has 0 heterocycles. The van der Waals surface area contributed by atoms with Crippen LogP contribution in [0.2, 0.25) is 0 Å². The minimum absolute atomic E-state index is 0. The Morgan fingerprint density at radius 2 is 1.00 bits per heavy atom. The first-order chi connectivity index (χ1) is 3.63. The third-order valence-electron chi connectivity index (χ3n) is 1.32. The van der Waals surface area contributed by atoms with E-state index in [1.807, 2.05) is 0 Å². The Morgan fingerprint density at radius 3 is 1.11 bits per heavy atom. The molecule has 0 N–H and O–H groups in total. The quantitative estimate of drug-likeness (QED) is 0.586. The molecule has 9 heavy (non-hydrogen) atoms. The molecule has 0 aromatic rings. The van der Waals surface area contributed by atoms with Crippen LogP contribution in [0.4, 0.5) is 0 Å². The first-order valence-corrected chi connectivity index (χ1v) is 3.63. The molecule has 0 radical (unpaired) electrons. The summed E-state index contributed by atoms with van der Waals surface area (Å²) in [7, 11) is 0. The van der Waals surface area contributed by atoms with E-state index < -0.39 is 0 Å². The maximum absolute atomic E-state index is 2.28. The molecule has 0 aliphatic heterocycles. The molecular formula is C8H18Ar. The van der Waals surface area contributed by atoms with E-state index in [1.54, 1.807) is 0 Å². The minimum Gasteiger partial charge on any atom is -0.0628 e. The molecule has 0 aliphatic carbocycles. The van der Waals surface area contributed by atoms with Crippen LogP contribution in [0, 0.1) is 49.6 Å². The van der Waals surface area contributed by atoms with Gasteiger partial charge in [0.05, 0.1) is 0 Å². The van der Waals surface area contributed by atoms with Crippen molar-refractivity contribution in [2.24, 2.45) is 11.8 Å². The fourth-order valence-electron chi connectivity index (χ4n) is 0.667. The zero-order valence-corrected chi connectivity index (χ0v) is 7.63. The average Bonchev–Trinajstić information content (AvgIpc) is 1.61. The Morgan fingerprint density at radius 1 is 0.778 bits per heavy atom. The Balaban J connectivity index is 0. The molecule has 0 amide bonds. The Hall–Kier alpha value is 1.26. The molecule has 0 atom stereocenters. The van der Waals surface area contributed by atoms with Crippen molar-refractivity contribution in [3.8, 4) is 0 Å². The first-order valence-electron chi connectivity index (χ1n) is 3.63. The maximum atomic E-state index is 2.28. The summed E-state index contributed by atoms with van der Waals surface area (Å²) in [6.45, 7) is 9.12. The van der Waals surface area contributed by atoms with Crippen LogP contribution in [0.25, 0.3) is 0 Å². The average molecular weight is 154 g/mol. The largest absolute Gasteiger partial charge is 0.0628 e. The molecule has 0 nitrogen and oxygen atoms in total. The van der Waals surface area contributed by atoms with Gasteiger partial charge in [-0.2, -0.15) is 0 Å². The van der Waals surface area contributed by atoms with Crippen molar-refractivity contribution in [2.45, 2.75) is 40.5 Å². The van der Waals surface area contributed by atoms with Crippen LogP contribution in [0.5, 0.6) is 0 Å². The normalized spacial score (nSPS) is 10.0. The monoisotopic (exact) mass is 154 g/mol. The molecule has 0 bridgehead atoms. The molecule has 0 fully saturated rings. The van der Waals surface area contributed by atoms with E-state index >= 15 is 0 Å². The molecule has 0 spiro atoms. The van der Waals surface area contributed by atoms with E-state index in [4.69, 9.17) is 0 Å². The van der Waals surface area contributed by atoms with E-state index in [0.29, 0.717) is 0 Å². The molecule has 0 unspecified atom stereocenters. The van der Waals surface area contributed by atoms with Crippen molar-refractivity contribution in [1.82, 2.24) is 0 Å². The Bertz CT molecular complexity index is 40.5. The van der Waals surface area contributed by atoms with Crippen LogP contribution in [-0.4, -0.2) is 0 Å². The second kappa shape index (κ2) is 7.37. The van der Waals surface area contributed by atoms with Gasteiger partial charge < -0.3 is 0 Å². The Labute approximate surface area is 89.4 Å². The number of hydrogen-bond acceptors (Lipinski definition) is 0. The van der Waals surface area contributed by atoms with Gasteiger partial charge >= 0.3 is 0 Å². The van der Waals surface area contributed by atoms with Gasteiger partial charge in [0.2, 0.25) is 0 Å². The smallest absolute Gasteiger partial charge is 0 e. The number of hydrogen-bond donors (Lipinski definition) is 0. The van der Waals surface area contributed by atoms with Crippen molar-refractivity contribution in [3.63, 3.8) is 0 Å². The Kier molecular flexibility index (Phi) is 10.6. The molecule has 0 aromatic carbocycles. The molecule has 0 saturated carbocycles. The third kappa shape index (κ3) is 12.5. The van der Waals surface area contributed by atoms with Crippen LogP contribution >= 0.6 is 0 Å². The second-order valence-corrected chi connectivity index (χ2v) is 3.37. The van der Waals surface area contributed by atoms with E-state index in [0.717, 1.165) is 11.8 Å². The van der Waals surface area contributed by atoms with Gasteiger partial charge in [0.25, 0.3) is 0 Å². The fourth-order valence-corrected chi connectivity index (χ4v) is 0.667. The van der Waals surface area contributed by atoms with Gasteiger partial charge in [-0.05, 0) is 11.8 Å². The maximum Gasteiger partial charge on any atom is 0 e. The van der Waals surface area contributed by atoms with Crippen LogP contribution in [-0.2, 0) is 0 Å². The fraction of sp³-hybridized carbons (Fsp3) is 1.00. The summed E-state index contributed by atoms with van der Waals surface area (Å²) < 4.78 is 0. The minimum atomic E-state index is 0. The number of rotatable bonds is 3. The summed E-state index contributed by atoms with van der Waals surface area (Å²) in [6.07, 6.45) is 2.77. The standard InChI is InChI=1S/C8H18.Ar/c1-7(2)5-6-8(3)4;/h7-8H,5-6H2,1-4H3;. The van der Waals surface area contributed by atoms with Crippen LogP contribution in [0.15, 0.2) is 0 Å². The van der Waals surface area contributed by atoms with Crippen molar-refractivity contribution >= 4 is 0 Å². The summed E-state index contributed by atoms with van der Waals surface area (Å²) >= 11 is 0. The first kappa shape index (κ1) is 12.9. The van der Waals surface area contributed by atoms with Crippen molar-refractivity contribution < 1.29 is 37.7 Å². The van der Waals surface area contributed by atoms with Gasteiger partial charge in [0.1, 0.15) is 0 Å². The van der Waals surface area contributed by atoms with E-state index in [2.05, 4.69) is 27.7 Å². The van der Waals surface area contributed by atoms with Crippen LogP contribution in [0.3, 0.4) is 0 Å². The van der Waals surface area contributed by atoms with Crippen LogP contribution < -0.4 is 0 Å². The van der Waals surface area contributed by atoms with Gasteiger partial charge in [-0.3, -0.25) is 0 Å². The van der Waals surface area contributed by atoms with Crippen LogP contribution in [0.1, 0.15) is 40.5 Å². The van der Waals surface area contributed by atoms with Gasteiger partial charge in [0, 0.05) is 37.7 Å². The van der Waals surface area contributed by atoms with Crippen molar-refractivity contribution in [1.29, 1.82) is 0 Å². The molecule has 1 heteroatoms. The molecule has 0 aromatic heterocycles. The van der Waals surface area contributed by atoms with Crippen molar-refractivity contribution in [3.05, 3.63) is 0 Å². The second-order valence-electron chi connectivity index (χ2n) is 3.37. The summed E-state index contributed by atoms with van der Waals surface area (Å²) in [5.41, 5.74) is 0. The molecule has 58 valence electrons. The van der Waals surface area contributed by atoms with E-state index in [9.17, 15) is 0 Å². The van der Waals surface area contributed by atoms with E-state index in [1.165, 1.54) is 12.8 Å². The van der Waals surface area contributed by atoms with Gasteiger partial charge in [-0.1, -0.05) is 40.5 Å². The summed E-state index contributed by atoms with van der Waals surface area (Å²) in [5.74, 6) is 1.77. The van der Waals surface area contributed by atoms with Crippen molar-refractivity contribution in [2.75, 3.05) is 0 Å². The molecule has 0 aliphatic rings. The third-order valence-corrected chi connectivity index (χ3v) is 1.32. The summed E-state index contributed by atoms with van der Waals surface area (Å²) in [5, 5.41) is 0. The molecule has 0 saturated heterocycles. The summed E-state index contributed by atoms with van der Waals surface area (Å²) in [4.78, 5) is 0. The zero-order chi connectivity index (χ0) is 6.57. The van der Waals surface area contributed by atoms with E-state index in [-0.39, 0.29) is 37.7 Å². The van der Waals surface area contributed by atoms with Gasteiger partial charge in [0.15, 0.2) is 0 Å². The van der Waals surface area contributed by atoms with Gasteiger partial charge in [-0.15, -0.1) is 0 Å². The summed E-state index contributed by atoms with van der Waals surface area (Å²) in [6, 6.07) is 0. The SMILES string of the molecule is CC(C)CCC(C)C.[Ar]. The van der Waals surface area contributed by atoms with Gasteiger partial charge in [-0.25, -0.2) is 0 Å². The molecule has 0 rings (SSSR count). The molecular weight excluding hydrogens is 136 g/mol. The predicted octanol–water partition coefficient (Wildman–Crippen LogP) is 3.08. The predicted molar refractivity (Wildman–Crippen MR) is 38.9 cm³/mol.